The van der Waals surface area contributed by atoms with E-state index in [2.05, 4.69) is 10.2 Å². The standard InChI is InChI=1S/C17H25FN2O/c1-21-16-4-2-3-14(17(16)18)12-20(15-5-6-15)11-13-7-9-19-10-8-13/h2-4,13,15,19H,5-12H2,1H3. The molecule has 0 amide bonds. The Balaban J connectivity index is 1.67. The van der Waals surface area contributed by atoms with Gasteiger partial charge in [0, 0.05) is 24.7 Å². The predicted octanol–water partition coefficient (Wildman–Crippen LogP) is 2.80. The lowest BCUT2D eigenvalue weighted by Crippen LogP contribution is -2.37. The van der Waals surface area contributed by atoms with E-state index in [4.69, 9.17) is 4.74 Å². The van der Waals surface area contributed by atoms with Crippen LogP contribution in [0.5, 0.6) is 5.75 Å². The zero-order valence-electron chi connectivity index (χ0n) is 12.8. The molecule has 0 aromatic heterocycles. The number of nitrogens with one attached hydrogen (secondary N) is 1. The zero-order chi connectivity index (χ0) is 14.7. The SMILES string of the molecule is COc1cccc(CN(CC2CCNCC2)C2CC2)c1F. The van der Waals surface area contributed by atoms with Gasteiger partial charge < -0.3 is 10.1 Å². The third-order valence-electron chi connectivity index (χ3n) is 4.65. The molecule has 116 valence electrons. The monoisotopic (exact) mass is 292 g/mol. The minimum absolute atomic E-state index is 0.198. The van der Waals surface area contributed by atoms with Crippen molar-refractivity contribution in [3.63, 3.8) is 0 Å². The van der Waals surface area contributed by atoms with Crippen LogP contribution in [-0.4, -0.2) is 37.7 Å². The third-order valence-corrected chi connectivity index (χ3v) is 4.65. The first-order valence-electron chi connectivity index (χ1n) is 8.04. The molecule has 0 spiro atoms. The van der Waals surface area contributed by atoms with Crippen LogP contribution in [0, 0.1) is 11.7 Å². The number of benzene rings is 1. The molecule has 2 fully saturated rings. The second kappa shape index (κ2) is 6.75. The molecule has 1 aliphatic carbocycles. The summed E-state index contributed by atoms with van der Waals surface area (Å²) in [6.45, 7) is 4.05. The molecule has 21 heavy (non-hydrogen) atoms. The normalized spacial score (nSPS) is 20.0. The molecule has 3 nitrogen and oxygen atoms in total. The molecule has 0 atom stereocenters. The molecular weight excluding hydrogens is 267 g/mol. The minimum Gasteiger partial charge on any atom is -0.494 e. The zero-order valence-corrected chi connectivity index (χ0v) is 12.8. The van der Waals surface area contributed by atoms with Crippen LogP contribution in [0.15, 0.2) is 18.2 Å². The molecular formula is C17H25FN2O. The fourth-order valence-corrected chi connectivity index (χ4v) is 3.23. The maximum Gasteiger partial charge on any atom is 0.169 e. The van der Waals surface area contributed by atoms with Gasteiger partial charge in [-0.25, -0.2) is 4.39 Å². The summed E-state index contributed by atoms with van der Waals surface area (Å²) in [4.78, 5) is 2.48. The van der Waals surface area contributed by atoms with E-state index in [9.17, 15) is 4.39 Å². The van der Waals surface area contributed by atoms with Gasteiger partial charge in [0.1, 0.15) is 0 Å². The van der Waals surface area contributed by atoms with Crippen LogP contribution in [0.4, 0.5) is 4.39 Å². The smallest absolute Gasteiger partial charge is 0.169 e. The summed E-state index contributed by atoms with van der Waals surface area (Å²) in [7, 11) is 1.52. The predicted molar refractivity (Wildman–Crippen MR) is 82.0 cm³/mol. The molecule has 4 heteroatoms. The van der Waals surface area contributed by atoms with Crippen LogP contribution >= 0.6 is 0 Å². The molecule has 1 saturated carbocycles. The summed E-state index contributed by atoms with van der Waals surface area (Å²) >= 11 is 0. The van der Waals surface area contributed by atoms with E-state index in [-0.39, 0.29) is 5.82 Å². The van der Waals surface area contributed by atoms with Crippen LogP contribution in [-0.2, 0) is 6.54 Å². The Bertz CT molecular complexity index is 470. The van der Waals surface area contributed by atoms with Crippen molar-refractivity contribution in [1.29, 1.82) is 0 Å². The fraction of sp³-hybridized carbons (Fsp3) is 0.647. The van der Waals surface area contributed by atoms with Gasteiger partial charge in [0.2, 0.25) is 0 Å². The van der Waals surface area contributed by atoms with E-state index in [0.717, 1.165) is 31.1 Å². The van der Waals surface area contributed by atoms with Gasteiger partial charge in [0.15, 0.2) is 11.6 Å². The highest BCUT2D eigenvalue weighted by atomic mass is 19.1. The maximum atomic E-state index is 14.3. The Morgan fingerprint density at radius 1 is 1.24 bits per heavy atom. The number of rotatable bonds is 6. The number of nitrogens with zero attached hydrogens (tertiary/aromatic N) is 1. The molecule has 1 saturated heterocycles. The Labute approximate surface area is 126 Å². The van der Waals surface area contributed by atoms with Crippen molar-refractivity contribution < 1.29 is 9.13 Å². The third kappa shape index (κ3) is 3.74. The van der Waals surface area contributed by atoms with Crippen molar-refractivity contribution in [2.24, 2.45) is 5.92 Å². The second-order valence-corrected chi connectivity index (χ2v) is 6.29. The first kappa shape index (κ1) is 14.8. The van der Waals surface area contributed by atoms with E-state index < -0.39 is 0 Å². The summed E-state index contributed by atoms with van der Waals surface area (Å²) < 4.78 is 19.4. The van der Waals surface area contributed by atoms with E-state index in [0.29, 0.717) is 18.3 Å². The lowest BCUT2D eigenvalue weighted by atomic mass is 9.97. The van der Waals surface area contributed by atoms with Gasteiger partial charge in [0.05, 0.1) is 7.11 Å². The average Bonchev–Trinajstić information content (AvgIpc) is 3.34. The average molecular weight is 292 g/mol. The fourth-order valence-electron chi connectivity index (χ4n) is 3.23. The molecule has 0 radical (unpaired) electrons. The number of piperidine rings is 1. The largest absolute Gasteiger partial charge is 0.494 e. The number of hydrogen-bond donors (Lipinski definition) is 1. The van der Waals surface area contributed by atoms with Crippen LogP contribution in [0.1, 0.15) is 31.2 Å². The number of methoxy groups -OCH3 is 1. The number of ether oxygens (including phenoxy) is 1. The summed E-state index contributed by atoms with van der Waals surface area (Å²) in [6.07, 6.45) is 5.00. The Kier molecular flexibility index (Phi) is 4.76. The lowest BCUT2D eigenvalue weighted by molar-refractivity contribution is 0.188. The second-order valence-electron chi connectivity index (χ2n) is 6.29. The van der Waals surface area contributed by atoms with Crippen molar-refractivity contribution >= 4 is 0 Å². The highest BCUT2D eigenvalue weighted by Gasteiger charge is 2.31. The van der Waals surface area contributed by atoms with Crippen LogP contribution in [0.2, 0.25) is 0 Å². The van der Waals surface area contributed by atoms with E-state index in [1.54, 1.807) is 6.07 Å². The quantitative estimate of drug-likeness (QED) is 0.872. The van der Waals surface area contributed by atoms with E-state index >= 15 is 0 Å². The first-order valence-corrected chi connectivity index (χ1v) is 8.04. The molecule has 1 aromatic rings. The molecule has 1 aliphatic heterocycles. The molecule has 1 heterocycles. The molecule has 1 N–H and O–H groups in total. The number of hydrogen-bond acceptors (Lipinski definition) is 3. The summed E-state index contributed by atoms with van der Waals surface area (Å²) in [5.41, 5.74) is 0.759. The van der Waals surface area contributed by atoms with Crippen LogP contribution < -0.4 is 10.1 Å². The molecule has 0 unspecified atom stereocenters. The highest BCUT2D eigenvalue weighted by Crippen LogP contribution is 2.31. The van der Waals surface area contributed by atoms with Gasteiger partial charge in [0.25, 0.3) is 0 Å². The van der Waals surface area contributed by atoms with E-state index in [1.807, 2.05) is 12.1 Å². The Hall–Kier alpha value is -1.13. The summed E-state index contributed by atoms with van der Waals surface area (Å²) in [5.74, 6) is 0.904. The van der Waals surface area contributed by atoms with Crippen molar-refractivity contribution in [2.45, 2.75) is 38.3 Å². The molecule has 1 aromatic carbocycles. The highest BCUT2D eigenvalue weighted by molar-refractivity contribution is 5.31. The number of halogens is 1. The lowest BCUT2D eigenvalue weighted by Gasteiger charge is -2.30. The van der Waals surface area contributed by atoms with Crippen molar-refractivity contribution in [1.82, 2.24) is 10.2 Å². The van der Waals surface area contributed by atoms with Gasteiger partial charge in [-0.2, -0.15) is 0 Å². The van der Waals surface area contributed by atoms with Crippen molar-refractivity contribution in [2.75, 3.05) is 26.7 Å². The van der Waals surface area contributed by atoms with Crippen LogP contribution in [0.3, 0.4) is 0 Å². The van der Waals surface area contributed by atoms with Gasteiger partial charge in [-0.3, -0.25) is 4.90 Å². The van der Waals surface area contributed by atoms with E-state index in [1.165, 1.54) is 32.8 Å². The van der Waals surface area contributed by atoms with Crippen molar-refractivity contribution in [3.8, 4) is 5.75 Å². The summed E-state index contributed by atoms with van der Waals surface area (Å²) in [5, 5.41) is 3.41. The Morgan fingerprint density at radius 2 is 2.00 bits per heavy atom. The van der Waals surface area contributed by atoms with Crippen molar-refractivity contribution in [3.05, 3.63) is 29.6 Å². The Morgan fingerprint density at radius 3 is 2.67 bits per heavy atom. The van der Waals surface area contributed by atoms with Gasteiger partial charge >= 0.3 is 0 Å². The minimum atomic E-state index is -0.198. The van der Waals surface area contributed by atoms with Gasteiger partial charge in [-0.05, 0) is 50.8 Å². The van der Waals surface area contributed by atoms with Gasteiger partial charge in [-0.15, -0.1) is 0 Å². The molecule has 0 bridgehead atoms. The molecule has 3 rings (SSSR count). The summed E-state index contributed by atoms with van der Waals surface area (Å²) in [6, 6.07) is 6.11. The van der Waals surface area contributed by atoms with Crippen LogP contribution in [0.25, 0.3) is 0 Å². The topological polar surface area (TPSA) is 24.5 Å². The van der Waals surface area contributed by atoms with Gasteiger partial charge in [-0.1, -0.05) is 12.1 Å². The first-order chi connectivity index (χ1) is 10.3. The maximum absolute atomic E-state index is 14.3. The molecule has 2 aliphatic rings.